The van der Waals surface area contributed by atoms with Crippen molar-refractivity contribution < 1.29 is 14.2 Å². The van der Waals surface area contributed by atoms with E-state index in [1.807, 2.05) is 42.8 Å². The van der Waals surface area contributed by atoms with E-state index in [-0.39, 0.29) is 18.6 Å². The zero-order valence-corrected chi connectivity index (χ0v) is 13.1. The summed E-state index contributed by atoms with van der Waals surface area (Å²) in [4.78, 5) is 4.07. The van der Waals surface area contributed by atoms with Crippen LogP contribution in [0.5, 0.6) is 5.75 Å². The molecular weight excluding hydrogens is 292 g/mol. The Hall–Kier alpha value is -1.56. The summed E-state index contributed by atoms with van der Waals surface area (Å²) >= 11 is 0. The number of rotatable bonds is 3. The molecule has 0 bridgehead atoms. The summed E-state index contributed by atoms with van der Waals surface area (Å²) < 4.78 is 19.2. The molecule has 3 rings (SSSR count). The normalized spacial score (nSPS) is 17.3. The van der Waals surface area contributed by atoms with Crippen LogP contribution in [0.25, 0.3) is 0 Å². The van der Waals surface area contributed by atoms with E-state index >= 15 is 0 Å². The first-order valence-electron chi connectivity index (χ1n) is 6.56. The number of hydrogen-bond acceptors (Lipinski definition) is 4. The van der Waals surface area contributed by atoms with Gasteiger partial charge < -0.3 is 18.8 Å². The average molecular weight is 311 g/mol. The number of benzene rings is 1. The van der Waals surface area contributed by atoms with Gasteiger partial charge in [0.15, 0.2) is 6.23 Å². The number of halogens is 1. The summed E-state index contributed by atoms with van der Waals surface area (Å²) in [6.07, 6.45) is 5.08. The molecular formula is C15H19ClN2O3. The minimum Gasteiger partial charge on any atom is -0.462 e. The molecule has 0 N–H and O–H groups in total. The highest BCUT2D eigenvalue weighted by molar-refractivity contribution is 5.85. The van der Waals surface area contributed by atoms with E-state index < -0.39 is 5.79 Å². The zero-order chi connectivity index (χ0) is 14.2. The van der Waals surface area contributed by atoms with Crippen LogP contribution >= 0.6 is 12.4 Å². The lowest BCUT2D eigenvalue weighted by Gasteiger charge is -2.35. The first-order valence-corrected chi connectivity index (χ1v) is 6.56. The Kier molecular flexibility index (Phi) is 4.56. The summed E-state index contributed by atoms with van der Waals surface area (Å²) in [5, 5.41) is 0. The van der Waals surface area contributed by atoms with E-state index in [0.29, 0.717) is 6.61 Å². The Morgan fingerprint density at radius 1 is 1.38 bits per heavy atom. The summed E-state index contributed by atoms with van der Waals surface area (Å²) in [5.41, 5.74) is 2.00. The fourth-order valence-electron chi connectivity index (χ4n) is 2.38. The van der Waals surface area contributed by atoms with Crippen LogP contribution < -0.4 is 4.74 Å². The number of imidazole rings is 1. The van der Waals surface area contributed by atoms with Crippen molar-refractivity contribution >= 4 is 12.4 Å². The minimum absolute atomic E-state index is 0. The smallest absolute Gasteiger partial charge is 0.205 e. The molecule has 1 aromatic heterocycles. The van der Waals surface area contributed by atoms with E-state index in [2.05, 4.69) is 4.98 Å². The Bertz CT molecular complexity index is 599. The van der Waals surface area contributed by atoms with Crippen molar-refractivity contribution in [2.45, 2.75) is 32.5 Å². The van der Waals surface area contributed by atoms with Crippen molar-refractivity contribution in [1.82, 2.24) is 9.55 Å². The maximum absolute atomic E-state index is 6.00. The second-order valence-corrected chi connectivity index (χ2v) is 5.22. The minimum atomic E-state index is -0.629. The van der Waals surface area contributed by atoms with Gasteiger partial charge in [0.1, 0.15) is 5.75 Å². The fraction of sp³-hybridized carbons (Fsp3) is 0.400. The molecule has 2 heterocycles. The first kappa shape index (κ1) is 15.8. The van der Waals surface area contributed by atoms with Crippen LogP contribution in [0, 0.1) is 0 Å². The van der Waals surface area contributed by atoms with Crippen molar-refractivity contribution in [2.24, 2.45) is 0 Å². The number of para-hydroxylation sites is 1. The average Bonchev–Trinajstić information content (AvgIpc) is 2.93. The zero-order valence-electron chi connectivity index (χ0n) is 12.3. The highest BCUT2D eigenvalue weighted by Gasteiger charge is 2.31. The summed E-state index contributed by atoms with van der Waals surface area (Å²) in [6.45, 7) is 4.36. The fourth-order valence-corrected chi connectivity index (χ4v) is 2.38. The lowest BCUT2D eigenvalue weighted by molar-refractivity contribution is -0.181. The van der Waals surface area contributed by atoms with Gasteiger partial charge in [-0.1, -0.05) is 18.2 Å². The van der Waals surface area contributed by atoms with Crippen molar-refractivity contribution in [3.8, 4) is 5.75 Å². The molecule has 0 radical (unpaired) electrons. The van der Waals surface area contributed by atoms with Gasteiger partial charge in [0, 0.05) is 44.5 Å². The van der Waals surface area contributed by atoms with Gasteiger partial charge in [-0.05, 0) is 0 Å². The molecule has 0 fully saturated rings. The molecule has 0 spiro atoms. The predicted octanol–water partition coefficient (Wildman–Crippen LogP) is 3.14. The van der Waals surface area contributed by atoms with Crippen LogP contribution in [-0.4, -0.2) is 22.4 Å². The van der Waals surface area contributed by atoms with Crippen LogP contribution in [-0.2, 0) is 16.1 Å². The maximum atomic E-state index is 6.00. The van der Waals surface area contributed by atoms with Gasteiger partial charge in [-0.3, -0.25) is 0 Å². The van der Waals surface area contributed by atoms with Crippen LogP contribution in [0.15, 0.2) is 36.9 Å². The number of fused-ring (bicyclic) bond motifs is 1. The molecule has 1 unspecified atom stereocenters. The number of methoxy groups -OCH3 is 1. The molecule has 0 saturated heterocycles. The van der Waals surface area contributed by atoms with Crippen molar-refractivity contribution in [2.75, 3.05) is 7.11 Å². The monoisotopic (exact) mass is 310 g/mol. The van der Waals surface area contributed by atoms with Gasteiger partial charge in [-0.15, -0.1) is 12.4 Å². The van der Waals surface area contributed by atoms with Crippen LogP contribution in [0.3, 0.4) is 0 Å². The molecule has 0 saturated carbocycles. The lowest BCUT2D eigenvalue weighted by atomic mass is 10.1. The molecule has 1 aliphatic rings. The van der Waals surface area contributed by atoms with Gasteiger partial charge >= 0.3 is 0 Å². The molecule has 1 aliphatic heterocycles. The number of nitrogens with zero attached hydrogens (tertiary/aromatic N) is 2. The van der Waals surface area contributed by atoms with Gasteiger partial charge in [-0.25, -0.2) is 4.98 Å². The van der Waals surface area contributed by atoms with E-state index in [4.69, 9.17) is 14.2 Å². The molecule has 2 aromatic rings. The Morgan fingerprint density at radius 2 is 2.19 bits per heavy atom. The summed E-state index contributed by atoms with van der Waals surface area (Å²) in [5.74, 6) is 0.209. The van der Waals surface area contributed by atoms with E-state index in [0.717, 1.165) is 16.9 Å². The largest absolute Gasteiger partial charge is 0.462 e. The summed E-state index contributed by atoms with van der Waals surface area (Å²) in [7, 11) is 1.68. The van der Waals surface area contributed by atoms with Crippen LogP contribution in [0.4, 0.5) is 0 Å². The van der Waals surface area contributed by atoms with Gasteiger partial charge in [0.05, 0.1) is 12.9 Å². The second-order valence-electron chi connectivity index (χ2n) is 5.22. The second kappa shape index (κ2) is 6.05. The van der Waals surface area contributed by atoms with Gasteiger partial charge in [-0.2, -0.15) is 0 Å². The Morgan fingerprint density at radius 3 is 2.86 bits per heavy atom. The predicted molar refractivity (Wildman–Crippen MR) is 80.6 cm³/mol. The third-order valence-corrected chi connectivity index (χ3v) is 3.34. The Labute approximate surface area is 130 Å². The van der Waals surface area contributed by atoms with E-state index in [1.54, 1.807) is 19.6 Å². The Balaban J connectivity index is 0.00000161. The number of aromatic nitrogens is 2. The molecule has 5 nitrogen and oxygen atoms in total. The van der Waals surface area contributed by atoms with Crippen molar-refractivity contribution in [3.63, 3.8) is 0 Å². The molecule has 21 heavy (non-hydrogen) atoms. The molecule has 1 atom stereocenters. The highest BCUT2D eigenvalue weighted by atomic mass is 35.5. The third kappa shape index (κ3) is 3.05. The number of ether oxygens (including phenoxy) is 3. The molecule has 6 heteroatoms. The summed E-state index contributed by atoms with van der Waals surface area (Å²) in [6, 6.07) is 6.01. The van der Waals surface area contributed by atoms with Gasteiger partial charge in [0.2, 0.25) is 5.79 Å². The lowest BCUT2D eigenvalue weighted by Crippen LogP contribution is -2.36. The van der Waals surface area contributed by atoms with Gasteiger partial charge in [0.25, 0.3) is 0 Å². The molecule has 1 aromatic carbocycles. The number of hydrogen-bond donors (Lipinski definition) is 0. The SMILES string of the molecule is COC(c1cccc2c1OC(C)(C)OC2)n1ccnc1.Cl. The van der Waals surface area contributed by atoms with E-state index in [1.165, 1.54) is 0 Å². The molecule has 0 amide bonds. The standard InChI is InChI=1S/C15H18N2O3.ClH/c1-15(2)19-9-11-5-4-6-12(13(11)20-15)14(18-3)17-8-7-16-10-17;/h4-8,10,14H,9H2,1-3H3;1H. The quantitative estimate of drug-likeness (QED) is 0.873. The van der Waals surface area contributed by atoms with Crippen molar-refractivity contribution in [1.29, 1.82) is 0 Å². The molecule has 114 valence electrons. The van der Waals surface area contributed by atoms with Crippen LogP contribution in [0.2, 0.25) is 0 Å². The first-order chi connectivity index (χ1) is 9.61. The van der Waals surface area contributed by atoms with E-state index in [9.17, 15) is 0 Å². The topological polar surface area (TPSA) is 45.5 Å². The van der Waals surface area contributed by atoms with Crippen molar-refractivity contribution in [3.05, 3.63) is 48.0 Å². The molecule has 0 aliphatic carbocycles. The highest BCUT2D eigenvalue weighted by Crippen LogP contribution is 2.38. The van der Waals surface area contributed by atoms with Crippen LogP contribution in [0.1, 0.15) is 31.2 Å². The maximum Gasteiger partial charge on any atom is 0.205 e. The third-order valence-electron chi connectivity index (χ3n) is 3.34.